The van der Waals surface area contributed by atoms with E-state index in [-0.39, 0.29) is 10.8 Å². The molecule has 2 aliphatic carbocycles. The number of aliphatic hydroxyl groups excluding tert-OH is 1. The molecule has 0 radical (unpaired) electrons. The first-order chi connectivity index (χ1) is 10.5. The van der Waals surface area contributed by atoms with Gasteiger partial charge in [0.25, 0.3) is 0 Å². The van der Waals surface area contributed by atoms with Gasteiger partial charge in [0, 0.05) is 10.8 Å². The number of hydrogen-bond acceptors (Lipinski definition) is 1. The second-order valence-corrected chi connectivity index (χ2v) is 8.55. The average Bonchev–Trinajstić information content (AvgIpc) is 2.60. The van der Waals surface area contributed by atoms with Crippen LogP contribution in [0.3, 0.4) is 0 Å². The predicted molar refractivity (Wildman–Crippen MR) is 100 cm³/mol. The van der Waals surface area contributed by atoms with Gasteiger partial charge in [-0.05, 0) is 54.9 Å². The molecule has 0 aromatic rings. The third kappa shape index (κ3) is 2.39. The van der Waals surface area contributed by atoms with Crippen molar-refractivity contribution in [1.82, 2.24) is 0 Å². The Balaban J connectivity index is 2.72. The zero-order valence-electron chi connectivity index (χ0n) is 16.4. The van der Waals surface area contributed by atoms with Crippen LogP contribution < -0.4 is 0 Å². The largest absolute Gasteiger partial charge is 0.387 e. The van der Waals surface area contributed by atoms with Crippen LogP contribution in [0.25, 0.3) is 0 Å². The van der Waals surface area contributed by atoms with Crippen molar-refractivity contribution in [1.29, 1.82) is 0 Å². The highest BCUT2D eigenvalue weighted by atomic mass is 16.3. The maximum absolute atomic E-state index is 11.4. The van der Waals surface area contributed by atoms with Gasteiger partial charge in [0.15, 0.2) is 0 Å². The van der Waals surface area contributed by atoms with Crippen LogP contribution in [0.5, 0.6) is 0 Å². The summed E-state index contributed by atoms with van der Waals surface area (Å²) in [5, 5.41) is 11.4. The topological polar surface area (TPSA) is 20.2 Å². The second-order valence-electron chi connectivity index (χ2n) is 8.55. The Morgan fingerprint density at radius 2 is 1.57 bits per heavy atom. The fraction of sp³-hybridized carbons (Fsp3) is 0.636. The minimum Gasteiger partial charge on any atom is -0.387 e. The molecule has 0 aliphatic heterocycles. The maximum atomic E-state index is 11.4. The van der Waals surface area contributed by atoms with Gasteiger partial charge < -0.3 is 5.11 Å². The summed E-state index contributed by atoms with van der Waals surface area (Å²) >= 11 is 0. The first-order valence-electron chi connectivity index (χ1n) is 8.97. The molecule has 0 saturated heterocycles. The molecule has 0 aromatic heterocycles. The molecule has 0 saturated carbocycles. The van der Waals surface area contributed by atoms with Crippen molar-refractivity contribution < 1.29 is 5.11 Å². The normalized spacial score (nSPS) is 30.8. The summed E-state index contributed by atoms with van der Waals surface area (Å²) in [6, 6.07) is 0. The summed E-state index contributed by atoms with van der Waals surface area (Å²) in [5.41, 5.74) is 6.43. The van der Waals surface area contributed by atoms with Gasteiger partial charge in [-0.2, -0.15) is 0 Å². The van der Waals surface area contributed by atoms with Crippen LogP contribution in [0.15, 0.2) is 46.1 Å². The highest BCUT2D eigenvalue weighted by Gasteiger charge is 2.52. The Morgan fingerprint density at radius 1 is 1.00 bits per heavy atom. The lowest BCUT2D eigenvalue weighted by Gasteiger charge is -2.49. The van der Waals surface area contributed by atoms with Gasteiger partial charge in [-0.3, -0.25) is 0 Å². The van der Waals surface area contributed by atoms with Crippen LogP contribution in [-0.2, 0) is 0 Å². The summed E-state index contributed by atoms with van der Waals surface area (Å²) < 4.78 is 0. The SMILES string of the molecule is CC1=C(C)C(C)(C)C(C2(C(C)C)C=CC=C(C(C)C)C2O)=C1C. The molecule has 2 unspecified atom stereocenters. The molecule has 0 heterocycles. The van der Waals surface area contributed by atoms with E-state index in [9.17, 15) is 5.11 Å². The van der Waals surface area contributed by atoms with E-state index in [0.29, 0.717) is 11.8 Å². The van der Waals surface area contributed by atoms with Crippen LogP contribution >= 0.6 is 0 Å². The third-order valence-corrected chi connectivity index (χ3v) is 6.55. The van der Waals surface area contributed by atoms with E-state index in [0.717, 1.165) is 5.57 Å². The van der Waals surface area contributed by atoms with Gasteiger partial charge in [0.1, 0.15) is 0 Å². The van der Waals surface area contributed by atoms with E-state index in [4.69, 9.17) is 0 Å². The fourth-order valence-corrected chi connectivity index (χ4v) is 4.76. The van der Waals surface area contributed by atoms with E-state index in [2.05, 4.69) is 80.5 Å². The number of aliphatic hydroxyl groups is 1. The summed E-state index contributed by atoms with van der Waals surface area (Å²) in [5.74, 6) is 0.688. The summed E-state index contributed by atoms with van der Waals surface area (Å²) in [7, 11) is 0. The Hall–Kier alpha value is -1.08. The molecular weight excluding hydrogens is 280 g/mol. The molecule has 1 nitrogen and oxygen atoms in total. The van der Waals surface area contributed by atoms with Crippen LogP contribution in [0, 0.1) is 22.7 Å². The minimum absolute atomic E-state index is 0.0107. The molecule has 2 atom stereocenters. The monoisotopic (exact) mass is 314 g/mol. The number of allylic oxidation sites excluding steroid dienone is 5. The average molecular weight is 315 g/mol. The van der Waals surface area contributed by atoms with Gasteiger partial charge in [0.05, 0.1) is 6.10 Å². The Bertz CT molecular complexity index is 622. The Labute approximate surface area is 142 Å². The molecular formula is C22H34O. The zero-order valence-corrected chi connectivity index (χ0v) is 16.4. The Kier molecular flexibility index (Phi) is 4.58. The molecule has 0 aromatic carbocycles. The van der Waals surface area contributed by atoms with Gasteiger partial charge in [-0.15, -0.1) is 0 Å². The van der Waals surface area contributed by atoms with Gasteiger partial charge in [-0.25, -0.2) is 0 Å². The molecule has 2 rings (SSSR count). The fourth-order valence-electron chi connectivity index (χ4n) is 4.76. The smallest absolute Gasteiger partial charge is 0.0886 e. The third-order valence-electron chi connectivity index (χ3n) is 6.55. The predicted octanol–water partition coefficient (Wildman–Crippen LogP) is 5.83. The first kappa shape index (κ1) is 18.3. The standard InChI is InChI=1S/C22H34O/c1-13(2)18-11-10-12-22(14(3)4,20(18)23)19-16(6)15(5)17(7)21(19,8)9/h10-14,20,23H,1-9H3. The van der Waals surface area contributed by atoms with Crippen molar-refractivity contribution in [3.05, 3.63) is 46.1 Å². The van der Waals surface area contributed by atoms with Crippen LogP contribution in [0.2, 0.25) is 0 Å². The minimum atomic E-state index is -0.449. The van der Waals surface area contributed by atoms with Crippen LogP contribution in [-0.4, -0.2) is 11.2 Å². The Morgan fingerprint density at radius 3 is 1.96 bits per heavy atom. The lowest BCUT2D eigenvalue weighted by Crippen LogP contribution is -2.46. The van der Waals surface area contributed by atoms with Gasteiger partial charge in [-0.1, -0.05) is 65.3 Å². The van der Waals surface area contributed by atoms with E-state index in [1.54, 1.807) is 0 Å². The molecule has 0 fully saturated rings. The summed E-state index contributed by atoms with van der Waals surface area (Å²) in [6.45, 7) is 20.2. The second kappa shape index (κ2) is 5.77. The van der Waals surface area contributed by atoms with Gasteiger partial charge >= 0.3 is 0 Å². The molecule has 0 bridgehead atoms. The number of rotatable bonds is 3. The molecule has 0 amide bonds. The van der Waals surface area contributed by atoms with Crippen LogP contribution in [0.4, 0.5) is 0 Å². The summed E-state index contributed by atoms with van der Waals surface area (Å²) in [4.78, 5) is 0. The number of hydrogen-bond donors (Lipinski definition) is 1. The zero-order chi connectivity index (χ0) is 17.7. The molecule has 23 heavy (non-hydrogen) atoms. The van der Waals surface area contributed by atoms with E-state index >= 15 is 0 Å². The van der Waals surface area contributed by atoms with Crippen molar-refractivity contribution in [2.45, 2.75) is 68.4 Å². The summed E-state index contributed by atoms with van der Waals surface area (Å²) in [6.07, 6.45) is 6.10. The van der Waals surface area contributed by atoms with E-state index < -0.39 is 6.10 Å². The van der Waals surface area contributed by atoms with E-state index in [1.807, 2.05) is 0 Å². The molecule has 128 valence electrons. The van der Waals surface area contributed by atoms with Crippen molar-refractivity contribution in [2.75, 3.05) is 0 Å². The quantitative estimate of drug-likeness (QED) is 0.694. The van der Waals surface area contributed by atoms with E-state index in [1.165, 1.54) is 22.3 Å². The van der Waals surface area contributed by atoms with Crippen molar-refractivity contribution >= 4 is 0 Å². The lowest BCUT2D eigenvalue weighted by molar-refractivity contribution is 0.0602. The molecule has 2 aliphatic rings. The van der Waals surface area contributed by atoms with Crippen molar-refractivity contribution in [3.8, 4) is 0 Å². The highest BCUT2D eigenvalue weighted by Crippen LogP contribution is 2.59. The maximum Gasteiger partial charge on any atom is 0.0886 e. The van der Waals surface area contributed by atoms with Gasteiger partial charge in [0.2, 0.25) is 0 Å². The molecule has 1 heteroatoms. The van der Waals surface area contributed by atoms with Crippen molar-refractivity contribution in [3.63, 3.8) is 0 Å². The van der Waals surface area contributed by atoms with Crippen LogP contribution in [0.1, 0.15) is 62.3 Å². The lowest BCUT2D eigenvalue weighted by atomic mass is 9.56. The van der Waals surface area contributed by atoms with Crippen molar-refractivity contribution in [2.24, 2.45) is 22.7 Å². The molecule has 1 N–H and O–H groups in total. The first-order valence-corrected chi connectivity index (χ1v) is 8.97. The molecule has 0 spiro atoms. The highest BCUT2D eigenvalue weighted by molar-refractivity contribution is 5.56.